The molecule has 1 atom stereocenters. The first-order chi connectivity index (χ1) is 18.1. The average Bonchev–Trinajstić information content (AvgIpc) is 3.25. The lowest BCUT2D eigenvalue weighted by molar-refractivity contribution is -0.113. The third-order valence-corrected chi connectivity index (χ3v) is 7.19. The highest BCUT2D eigenvalue weighted by Crippen LogP contribution is 2.26. The molecule has 2 amide bonds. The van der Waals surface area contributed by atoms with Gasteiger partial charge in [-0.25, -0.2) is 4.79 Å². The van der Waals surface area contributed by atoms with Crippen molar-refractivity contribution in [1.29, 1.82) is 0 Å². The van der Waals surface area contributed by atoms with E-state index in [4.69, 9.17) is 27.9 Å². The maximum atomic E-state index is 12.9. The Hall–Kier alpha value is -3.08. The molecule has 2 aromatic carbocycles. The number of amides is 2. The second kappa shape index (κ2) is 13.6. The lowest BCUT2D eigenvalue weighted by atomic mass is 10.0. The topological polar surface area (TPSA) is 115 Å². The van der Waals surface area contributed by atoms with Crippen LogP contribution in [0.4, 0.5) is 5.69 Å². The van der Waals surface area contributed by atoms with Gasteiger partial charge >= 0.3 is 5.97 Å². The number of nitrogens with one attached hydrogen (secondary N) is 2. The standard InChI is InChI=1S/C26H29Cl2N5O4S/c1-5-11-37-25(36)17-7-6-8-18(12-17)29-21(34)14-38-26-32-31-23(33(26)4)22(15(2)3)30-24(35)16-9-10-19(27)20(28)13-16/h6-10,12-13,15,22H,5,11,14H2,1-4H3,(H,29,34)(H,30,35)/t22-/m1/s1. The van der Waals surface area contributed by atoms with E-state index < -0.39 is 12.0 Å². The average molecular weight is 579 g/mol. The molecule has 0 radical (unpaired) electrons. The fourth-order valence-electron chi connectivity index (χ4n) is 3.44. The Bertz CT molecular complexity index is 1310. The van der Waals surface area contributed by atoms with E-state index in [9.17, 15) is 14.4 Å². The highest BCUT2D eigenvalue weighted by molar-refractivity contribution is 7.99. The van der Waals surface area contributed by atoms with E-state index in [1.807, 2.05) is 20.8 Å². The van der Waals surface area contributed by atoms with Gasteiger partial charge in [0.2, 0.25) is 5.91 Å². The molecule has 0 saturated carbocycles. The molecule has 3 aromatic rings. The molecule has 12 heteroatoms. The number of hydrogen-bond donors (Lipinski definition) is 2. The molecule has 0 saturated heterocycles. The van der Waals surface area contributed by atoms with Gasteiger partial charge < -0.3 is 19.9 Å². The van der Waals surface area contributed by atoms with Crippen molar-refractivity contribution in [1.82, 2.24) is 20.1 Å². The maximum Gasteiger partial charge on any atom is 0.338 e. The van der Waals surface area contributed by atoms with Gasteiger partial charge in [0.1, 0.15) is 0 Å². The molecule has 3 rings (SSSR count). The van der Waals surface area contributed by atoms with Crippen LogP contribution in [0.15, 0.2) is 47.6 Å². The van der Waals surface area contributed by atoms with Gasteiger partial charge in [-0.3, -0.25) is 9.59 Å². The minimum atomic E-state index is -0.437. The summed E-state index contributed by atoms with van der Waals surface area (Å²) in [5.41, 5.74) is 1.23. The number of hydrogen-bond acceptors (Lipinski definition) is 7. The number of esters is 1. The third kappa shape index (κ3) is 7.72. The lowest BCUT2D eigenvalue weighted by Crippen LogP contribution is -2.33. The number of benzene rings is 2. The van der Waals surface area contributed by atoms with Crippen molar-refractivity contribution in [2.24, 2.45) is 13.0 Å². The molecular formula is C26H29Cl2N5O4S. The Balaban J connectivity index is 1.63. The summed E-state index contributed by atoms with van der Waals surface area (Å²) < 4.78 is 6.89. The zero-order valence-electron chi connectivity index (χ0n) is 21.5. The summed E-state index contributed by atoms with van der Waals surface area (Å²) in [4.78, 5) is 37.5. The highest BCUT2D eigenvalue weighted by Gasteiger charge is 2.25. The van der Waals surface area contributed by atoms with Gasteiger partial charge in [-0.15, -0.1) is 10.2 Å². The van der Waals surface area contributed by atoms with Gasteiger partial charge in [0, 0.05) is 18.3 Å². The number of thioether (sulfide) groups is 1. The van der Waals surface area contributed by atoms with Crippen LogP contribution >= 0.6 is 35.0 Å². The van der Waals surface area contributed by atoms with E-state index in [0.717, 1.165) is 6.42 Å². The van der Waals surface area contributed by atoms with Crippen molar-refractivity contribution in [3.8, 4) is 0 Å². The molecule has 0 bridgehead atoms. The Kier molecular flexibility index (Phi) is 10.6. The molecule has 1 aromatic heterocycles. The first kappa shape index (κ1) is 29.5. The van der Waals surface area contributed by atoms with Crippen molar-refractivity contribution in [3.63, 3.8) is 0 Å². The molecule has 38 heavy (non-hydrogen) atoms. The first-order valence-electron chi connectivity index (χ1n) is 12.0. The number of rotatable bonds is 11. The zero-order valence-corrected chi connectivity index (χ0v) is 23.8. The summed E-state index contributed by atoms with van der Waals surface area (Å²) in [6.45, 7) is 6.17. The molecular weight excluding hydrogens is 549 g/mol. The summed E-state index contributed by atoms with van der Waals surface area (Å²) >= 11 is 13.2. The molecule has 0 fully saturated rings. The van der Waals surface area contributed by atoms with Crippen LogP contribution in [-0.4, -0.2) is 44.9 Å². The fourth-order valence-corrected chi connectivity index (χ4v) is 4.46. The molecule has 0 aliphatic carbocycles. The molecule has 1 heterocycles. The van der Waals surface area contributed by atoms with Crippen LogP contribution in [0, 0.1) is 5.92 Å². The Morgan fingerprint density at radius 2 is 1.82 bits per heavy atom. The molecule has 9 nitrogen and oxygen atoms in total. The fraction of sp³-hybridized carbons (Fsp3) is 0.346. The number of ether oxygens (including phenoxy) is 1. The van der Waals surface area contributed by atoms with Crippen molar-refractivity contribution in [2.45, 2.75) is 38.4 Å². The van der Waals surface area contributed by atoms with Gasteiger partial charge in [0.05, 0.1) is 34.0 Å². The monoisotopic (exact) mass is 577 g/mol. The number of nitrogens with zero attached hydrogens (tertiary/aromatic N) is 3. The molecule has 0 unspecified atom stereocenters. The lowest BCUT2D eigenvalue weighted by Gasteiger charge is -2.22. The smallest absolute Gasteiger partial charge is 0.338 e. The number of aromatic nitrogens is 3. The van der Waals surface area contributed by atoms with E-state index in [1.54, 1.807) is 48.0 Å². The van der Waals surface area contributed by atoms with Crippen LogP contribution in [0.3, 0.4) is 0 Å². The number of carbonyl (C=O) groups is 3. The predicted octanol–water partition coefficient (Wildman–Crippen LogP) is 5.55. The van der Waals surface area contributed by atoms with Gasteiger partial charge in [-0.2, -0.15) is 0 Å². The van der Waals surface area contributed by atoms with Crippen molar-refractivity contribution in [3.05, 3.63) is 69.5 Å². The van der Waals surface area contributed by atoms with Gasteiger partial charge in [-0.1, -0.05) is 61.8 Å². The normalized spacial score (nSPS) is 11.8. The largest absolute Gasteiger partial charge is 0.462 e. The van der Waals surface area contributed by atoms with Gasteiger partial charge in [0.25, 0.3) is 5.91 Å². The van der Waals surface area contributed by atoms with Crippen LogP contribution in [0.2, 0.25) is 10.0 Å². The Morgan fingerprint density at radius 1 is 1.05 bits per heavy atom. The molecule has 0 aliphatic rings. The third-order valence-electron chi connectivity index (χ3n) is 5.43. The van der Waals surface area contributed by atoms with E-state index in [2.05, 4.69) is 20.8 Å². The summed E-state index contributed by atoms with van der Waals surface area (Å²) in [6, 6.07) is 10.8. The van der Waals surface area contributed by atoms with E-state index in [0.29, 0.717) is 44.4 Å². The van der Waals surface area contributed by atoms with Gasteiger partial charge in [-0.05, 0) is 48.7 Å². The van der Waals surface area contributed by atoms with Crippen LogP contribution in [0.5, 0.6) is 0 Å². The summed E-state index contributed by atoms with van der Waals surface area (Å²) in [5.74, 6) is -0.406. The minimum Gasteiger partial charge on any atom is -0.462 e. The van der Waals surface area contributed by atoms with Crippen LogP contribution in [0.1, 0.15) is 59.8 Å². The van der Waals surface area contributed by atoms with Crippen LogP contribution in [-0.2, 0) is 16.6 Å². The Morgan fingerprint density at radius 3 is 2.50 bits per heavy atom. The van der Waals surface area contributed by atoms with E-state index in [-0.39, 0.29) is 23.5 Å². The number of carbonyl (C=O) groups excluding carboxylic acids is 3. The second-order valence-corrected chi connectivity index (χ2v) is 10.5. The quantitative estimate of drug-likeness (QED) is 0.227. The second-order valence-electron chi connectivity index (χ2n) is 8.78. The number of anilines is 1. The summed E-state index contributed by atoms with van der Waals surface area (Å²) in [7, 11) is 1.78. The molecule has 0 aliphatic heterocycles. The van der Waals surface area contributed by atoms with Crippen molar-refractivity contribution in [2.75, 3.05) is 17.7 Å². The SMILES string of the molecule is CCCOC(=O)c1cccc(NC(=O)CSc2nnc([C@H](NC(=O)c3ccc(Cl)c(Cl)c3)C(C)C)n2C)c1. The summed E-state index contributed by atoms with van der Waals surface area (Å²) in [5, 5.41) is 15.4. The van der Waals surface area contributed by atoms with Crippen LogP contribution < -0.4 is 10.6 Å². The zero-order chi connectivity index (χ0) is 27.8. The highest BCUT2D eigenvalue weighted by atomic mass is 35.5. The molecule has 0 spiro atoms. The maximum absolute atomic E-state index is 12.9. The van der Waals surface area contributed by atoms with Crippen LogP contribution in [0.25, 0.3) is 0 Å². The molecule has 2 N–H and O–H groups in total. The van der Waals surface area contributed by atoms with Gasteiger partial charge in [0.15, 0.2) is 11.0 Å². The van der Waals surface area contributed by atoms with Crippen molar-refractivity contribution < 1.29 is 19.1 Å². The minimum absolute atomic E-state index is 0.00191. The van der Waals surface area contributed by atoms with E-state index >= 15 is 0 Å². The first-order valence-corrected chi connectivity index (χ1v) is 13.7. The number of halogens is 2. The predicted molar refractivity (Wildman–Crippen MR) is 149 cm³/mol. The molecule has 202 valence electrons. The van der Waals surface area contributed by atoms with E-state index in [1.165, 1.54) is 17.8 Å². The Labute approximate surface area is 235 Å². The summed E-state index contributed by atoms with van der Waals surface area (Å²) in [6.07, 6.45) is 0.727. The van der Waals surface area contributed by atoms with Crippen molar-refractivity contribution >= 4 is 58.4 Å².